The summed E-state index contributed by atoms with van der Waals surface area (Å²) in [5.41, 5.74) is 4.48. The fourth-order valence-corrected chi connectivity index (χ4v) is 5.18. The van der Waals surface area contributed by atoms with E-state index in [-0.39, 0.29) is 10.7 Å². The van der Waals surface area contributed by atoms with Gasteiger partial charge in [-0.25, -0.2) is 4.98 Å². The quantitative estimate of drug-likeness (QED) is 0.390. The molecule has 0 saturated heterocycles. The number of carbonyl (C=O) groups is 1. The first-order chi connectivity index (χ1) is 15.1. The Balaban J connectivity index is 1.46. The molecule has 5 nitrogen and oxygen atoms in total. The number of nitrogens with one attached hydrogen (secondary N) is 2. The minimum absolute atomic E-state index is 0.00883. The number of H-pyrrole nitrogens is 1. The molecule has 2 aromatic carbocycles. The van der Waals surface area contributed by atoms with Gasteiger partial charge in [-0.05, 0) is 68.3 Å². The van der Waals surface area contributed by atoms with Crippen molar-refractivity contribution < 1.29 is 4.79 Å². The number of hydrogen-bond acceptors (Lipinski definition) is 4. The predicted molar refractivity (Wildman–Crippen MR) is 126 cm³/mol. The van der Waals surface area contributed by atoms with Crippen molar-refractivity contribution in [2.75, 3.05) is 6.54 Å². The summed E-state index contributed by atoms with van der Waals surface area (Å²) < 4.78 is 0.00883. The number of amides is 1. The van der Waals surface area contributed by atoms with E-state index in [1.807, 2.05) is 67.3 Å². The van der Waals surface area contributed by atoms with Crippen molar-refractivity contribution >= 4 is 40.2 Å². The van der Waals surface area contributed by atoms with Gasteiger partial charge >= 0.3 is 0 Å². The van der Waals surface area contributed by atoms with E-state index in [9.17, 15) is 4.79 Å². The largest absolute Gasteiger partial charge is 0.352 e. The van der Waals surface area contributed by atoms with Crippen molar-refractivity contribution in [1.29, 1.82) is 0 Å². The first-order valence-electron chi connectivity index (χ1n) is 10.3. The summed E-state index contributed by atoms with van der Waals surface area (Å²) in [6.07, 6.45) is 4.11. The van der Waals surface area contributed by atoms with Gasteiger partial charge in [0.2, 0.25) is 0 Å². The lowest BCUT2D eigenvalue weighted by molar-refractivity contribution is 0.0956. The second kappa shape index (κ2) is 8.02. The van der Waals surface area contributed by atoms with Gasteiger partial charge in [0.05, 0.1) is 23.1 Å². The van der Waals surface area contributed by atoms with Crippen LogP contribution in [0.4, 0.5) is 0 Å². The third-order valence-electron chi connectivity index (χ3n) is 5.51. The lowest BCUT2D eigenvalue weighted by Crippen LogP contribution is -2.22. The van der Waals surface area contributed by atoms with E-state index < -0.39 is 0 Å². The Labute approximate surface area is 189 Å². The Kier molecular flexibility index (Phi) is 5.20. The minimum Gasteiger partial charge on any atom is -0.352 e. The molecule has 2 aromatic heterocycles. The van der Waals surface area contributed by atoms with Gasteiger partial charge in [-0.1, -0.05) is 17.7 Å². The maximum Gasteiger partial charge on any atom is 0.251 e. The highest BCUT2D eigenvalue weighted by Crippen LogP contribution is 2.61. The summed E-state index contributed by atoms with van der Waals surface area (Å²) in [6.45, 7) is 2.51. The first-order valence-corrected chi connectivity index (χ1v) is 11.5. The lowest BCUT2D eigenvalue weighted by Gasteiger charge is -2.15. The molecule has 156 valence electrons. The summed E-state index contributed by atoms with van der Waals surface area (Å²) in [7, 11) is 0. The van der Waals surface area contributed by atoms with Gasteiger partial charge in [0, 0.05) is 37.7 Å². The maximum absolute atomic E-state index is 12.1. The Morgan fingerprint density at radius 2 is 1.97 bits per heavy atom. The SMILES string of the molecule is CCNC(=O)c1ccc2nc(-c3[nH]ncc3C3(Sc4ccc(Cl)cc4)CC3)ccc2c1. The summed E-state index contributed by atoms with van der Waals surface area (Å²) in [4.78, 5) is 18.2. The van der Waals surface area contributed by atoms with Gasteiger partial charge in [-0.15, -0.1) is 11.8 Å². The number of fused-ring (bicyclic) bond motifs is 1. The second-order valence-corrected chi connectivity index (χ2v) is 9.57. The van der Waals surface area contributed by atoms with E-state index in [0.717, 1.165) is 40.2 Å². The first kappa shape index (κ1) is 20.1. The van der Waals surface area contributed by atoms with Crippen LogP contribution in [0.3, 0.4) is 0 Å². The average molecular weight is 449 g/mol. The van der Waals surface area contributed by atoms with Gasteiger partial charge in [-0.3, -0.25) is 9.89 Å². The van der Waals surface area contributed by atoms with E-state index in [1.165, 1.54) is 10.5 Å². The topological polar surface area (TPSA) is 70.7 Å². The van der Waals surface area contributed by atoms with Crippen molar-refractivity contribution in [1.82, 2.24) is 20.5 Å². The molecule has 2 N–H and O–H groups in total. The minimum atomic E-state index is -0.0702. The molecule has 1 aliphatic carbocycles. The van der Waals surface area contributed by atoms with Crippen LogP contribution in [0.15, 0.2) is 65.7 Å². The highest BCUT2D eigenvalue weighted by atomic mass is 35.5. The lowest BCUT2D eigenvalue weighted by atomic mass is 10.1. The van der Waals surface area contributed by atoms with Gasteiger partial charge in [0.15, 0.2) is 0 Å². The molecule has 1 aliphatic rings. The molecule has 1 saturated carbocycles. The fraction of sp³-hybridized carbons (Fsp3) is 0.208. The number of halogens is 1. The number of thioether (sulfide) groups is 1. The molecule has 0 bridgehead atoms. The molecule has 1 amide bonds. The van der Waals surface area contributed by atoms with Gasteiger partial charge in [-0.2, -0.15) is 5.10 Å². The Hall–Kier alpha value is -2.83. The van der Waals surface area contributed by atoms with Crippen molar-refractivity contribution in [2.24, 2.45) is 0 Å². The molecule has 31 heavy (non-hydrogen) atoms. The number of aromatic amines is 1. The monoisotopic (exact) mass is 448 g/mol. The molecule has 0 radical (unpaired) electrons. The summed E-state index contributed by atoms with van der Waals surface area (Å²) in [5, 5.41) is 12.0. The van der Waals surface area contributed by atoms with Crippen molar-refractivity contribution in [3.8, 4) is 11.4 Å². The third kappa shape index (κ3) is 3.93. The predicted octanol–water partition coefficient (Wildman–Crippen LogP) is 5.81. The number of aromatic nitrogens is 3. The Morgan fingerprint density at radius 3 is 2.71 bits per heavy atom. The average Bonchev–Trinajstić information content (AvgIpc) is 3.38. The van der Waals surface area contributed by atoms with E-state index in [2.05, 4.69) is 27.6 Å². The van der Waals surface area contributed by atoms with Crippen LogP contribution in [-0.2, 0) is 4.75 Å². The number of rotatable bonds is 6. The van der Waals surface area contributed by atoms with Crippen LogP contribution >= 0.6 is 23.4 Å². The third-order valence-corrected chi connectivity index (χ3v) is 7.28. The van der Waals surface area contributed by atoms with E-state index in [1.54, 1.807) is 0 Å². The van der Waals surface area contributed by atoms with Crippen molar-refractivity contribution in [3.05, 3.63) is 76.9 Å². The number of nitrogens with zero attached hydrogens (tertiary/aromatic N) is 2. The summed E-state index contributed by atoms with van der Waals surface area (Å²) >= 11 is 7.89. The van der Waals surface area contributed by atoms with Crippen LogP contribution in [0.5, 0.6) is 0 Å². The molecule has 4 aromatic rings. The molecule has 0 aliphatic heterocycles. The summed E-state index contributed by atoms with van der Waals surface area (Å²) in [5.74, 6) is -0.0702. The molecule has 2 heterocycles. The standard InChI is InChI=1S/C24H21ClN4OS/c1-2-26-23(30)16-4-9-20-15(13-16)3-10-21(28-20)22-19(14-27-29-22)24(11-12-24)31-18-7-5-17(25)6-8-18/h3-10,13-14H,2,11-12H2,1H3,(H,26,30)(H,27,29). The number of carbonyl (C=O) groups excluding carboxylic acids is 1. The molecule has 0 atom stereocenters. The van der Waals surface area contributed by atoms with Gasteiger partial charge in [0.1, 0.15) is 0 Å². The Bertz CT molecular complexity index is 1260. The van der Waals surface area contributed by atoms with Crippen LogP contribution in [0, 0.1) is 0 Å². The number of hydrogen-bond donors (Lipinski definition) is 2. The molecule has 0 spiro atoms. The van der Waals surface area contributed by atoms with Gasteiger partial charge in [0.25, 0.3) is 5.91 Å². The molecule has 5 rings (SSSR count). The number of benzene rings is 2. The van der Waals surface area contributed by atoms with E-state index >= 15 is 0 Å². The fourth-order valence-electron chi connectivity index (χ4n) is 3.76. The van der Waals surface area contributed by atoms with Gasteiger partial charge < -0.3 is 5.32 Å². The zero-order chi connectivity index (χ0) is 21.4. The highest BCUT2D eigenvalue weighted by Gasteiger charge is 2.48. The Morgan fingerprint density at radius 1 is 1.16 bits per heavy atom. The second-order valence-electron chi connectivity index (χ2n) is 7.67. The molecular weight excluding hydrogens is 428 g/mol. The number of pyridine rings is 1. The van der Waals surface area contributed by atoms with Crippen LogP contribution in [-0.4, -0.2) is 27.6 Å². The molecule has 0 unspecified atom stereocenters. The maximum atomic E-state index is 12.1. The van der Waals surface area contributed by atoms with Crippen LogP contribution < -0.4 is 5.32 Å². The van der Waals surface area contributed by atoms with Crippen molar-refractivity contribution in [2.45, 2.75) is 29.4 Å². The normalized spacial score (nSPS) is 14.5. The zero-order valence-electron chi connectivity index (χ0n) is 17.0. The van der Waals surface area contributed by atoms with E-state index in [4.69, 9.17) is 16.6 Å². The summed E-state index contributed by atoms with van der Waals surface area (Å²) in [6, 6.07) is 17.6. The van der Waals surface area contributed by atoms with Crippen LogP contribution in [0.25, 0.3) is 22.3 Å². The highest BCUT2D eigenvalue weighted by molar-refractivity contribution is 8.00. The van der Waals surface area contributed by atoms with Crippen LogP contribution in [0.1, 0.15) is 35.7 Å². The zero-order valence-corrected chi connectivity index (χ0v) is 18.6. The molecule has 1 fully saturated rings. The molecular formula is C24H21ClN4OS. The van der Waals surface area contributed by atoms with Crippen molar-refractivity contribution in [3.63, 3.8) is 0 Å². The van der Waals surface area contributed by atoms with Crippen LogP contribution in [0.2, 0.25) is 5.02 Å². The van der Waals surface area contributed by atoms with E-state index in [0.29, 0.717) is 12.1 Å². The molecule has 7 heteroatoms. The smallest absolute Gasteiger partial charge is 0.251 e.